The SMILES string of the molecule is COC(=O)c1ccccc1-c1ccc(/C=C2/SC(=S)N(c3cccc(F)c3)C2=O)o1. The number of hydrogen-bond acceptors (Lipinski definition) is 6. The molecule has 4 rings (SSSR count). The maximum atomic E-state index is 13.5. The van der Waals surface area contributed by atoms with Crippen LogP contribution in [0.2, 0.25) is 0 Å². The minimum Gasteiger partial charge on any atom is -0.465 e. The van der Waals surface area contributed by atoms with E-state index in [4.69, 9.17) is 21.4 Å². The smallest absolute Gasteiger partial charge is 0.338 e. The van der Waals surface area contributed by atoms with E-state index in [1.165, 1.54) is 30.2 Å². The zero-order valence-corrected chi connectivity index (χ0v) is 17.3. The second-order valence-corrected chi connectivity index (χ2v) is 7.91. The predicted molar refractivity (Wildman–Crippen MR) is 118 cm³/mol. The first-order chi connectivity index (χ1) is 14.5. The monoisotopic (exact) mass is 439 g/mol. The molecule has 1 aliphatic rings. The van der Waals surface area contributed by atoms with E-state index < -0.39 is 11.8 Å². The van der Waals surface area contributed by atoms with E-state index in [2.05, 4.69) is 0 Å². The molecule has 150 valence electrons. The highest BCUT2D eigenvalue weighted by Crippen LogP contribution is 2.37. The lowest BCUT2D eigenvalue weighted by molar-refractivity contribution is -0.113. The van der Waals surface area contributed by atoms with Gasteiger partial charge >= 0.3 is 5.97 Å². The van der Waals surface area contributed by atoms with Crippen molar-refractivity contribution in [3.8, 4) is 11.3 Å². The molecule has 0 aliphatic carbocycles. The predicted octanol–water partition coefficient (Wildman–Crippen LogP) is 5.28. The van der Waals surface area contributed by atoms with Crippen LogP contribution in [0.4, 0.5) is 10.1 Å². The Labute approximate surface area is 181 Å². The summed E-state index contributed by atoms with van der Waals surface area (Å²) < 4.78 is 24.5. The van der Waals surface area contributed by atoms with Crippen molar-refractivity contribution in [1.29, 1.82) is 0 Å². The summed E-state index contributed by atoms with van der Waals surface area (Å²) >= 11 is 6.41. The van der Waals surface area contributed by atoms with E-state index in [1.807, 2.05) is 0 Å². The number of thiocarbonyl (C=S) groups is 1. The van der Waals surface area contributed by atoms with Crippen LogP contribution in [-0.4, -0.2) is 23.3 Å². The van der Waals surface area contributed by atoms with Crippen LogP contribution in [0, 0.1) is 5.82 Å². The first-order valence-corrected chi connectivity index (χ1v) is 10.0. The molecule has 2 aromatic carbocycles. The fourth-order valence-electron chi connectivity index (χ4n) is 3.00. The molecule has 0 radical (unpaired) electrons. The molecule has 0 bridgehead atoms. The van der Waals surface area contributed by atoms with Crippen LogP contribution >= 0.6 is 24.0 Å². The molecule has 0 N–H and O–H groups in total. The highest BCUT2D eigenvalue weighted by atomic mass is 32.2. The average Bonchev–Trinajstić information content (AvgIpc) is 3.31. The molecule has 2 heterocycles. The summed E-state index contributed by atoms with van der Waals surface area (Å²) in [6.07, 6.45) is 1.57. The summed E-state index contributed by atoms with van der Waals surface area (Å²) in [5.74, 6) is -0.402. The molecule has 1 aliphatic heterocycles. The summed E-state index contributed by atoms with van der Waals surface area (Å²) in [6, 6.07) is 16.0. The topological polar surface area (TPSA) is 59.8 Å². The fourth-order valence-corrected chi connectivity index (χ4v) is 4.27. The minimum atomic E-state index is -0.473. The number of anilines is 1. The Balaban J connectivity index is 1.63. The van der Waals surface area contributed by atoms with E-state index >= 15 is 0 Å². The molecule has 5 nitrogen and oxygen atoms in total. The lowest BCUT2D eigenvalue weighted by atomic mass is 10.1. The molecule has 1 saturated heterocycles. The van der Waals surface area contributed by atoms with E-state index in [-0.39, 0.29) is 5.91 Å². The number of amides is 1. The van der Waals surface area contributed by atoms with Gasteiger partial charge in [-0.2, -0.15) is 0 Å². The van der Waals surface area contributed by atoms with Crippen LogP contribution in [-0.2, 0) is 9.53 Å². The average molecular weight is 439 g/mol. The van der Waals surface area contributed by atoms with Gasteiger partial charge in [-0.05, 0) is 36.4 Å². The number of methoxy groups -OCH3 is 1. The molecule has 0 atom stereocenters. The lowest BCUT2D eigenvalue weighted by Crippen LogP contribution is -2.27. The summed E-state index contributed by atoms with van der Waals surface area (Å²) in [6.45, 7) is 0. The number of hydrogen-bond donors (Lipinski definition) is 0. The number of esters is 1. The van der Waals surface area contributed by atoms with Crippen molar-refractivity contribution in [2.75, 3.05) is 12.0 Å². The Bertz CT molecular complexity index is 1200. The molecular formula is C22H14FNO4S2. The van der Waals surface area contributed by atoms with Crippen LogP contribution in [0.3, 0.4) is 0 Å². The van der Waals surface area contributed by atoms with Gasteiger partial charge in [-0.1, -0.05) is 48.2 Å². The van der Waals surface area contributed by atoms with Gasteiger partial charge in [0.1, 0.15) is 17.3 Å². The van der Waals surface area contributed by atoms with Crippen molar-refractivity contribution in [3.05, 3.63) is 82.7 Å². The van der Waals surface area contributed by atoms with Crippen molar-refractivity contribution in [2.45, 2.75) is 0 Å². The largest absolute Gasteiger partial charge is 0.465 e. The molecule has 1 amide bonds. The highest BCUT2D eigenvalue weighted by Gasteiger charge is 2.33. The molecule has 0 spiro atoms. The number of halogens is 1. The zero-order chi connectivity index (χ0) is 21.3. The van der Waals surface area contributed by atoms with Gasteiger partial charge in [0.05, 0.1) is 23.3 Å². The first kappa shape index (κ1) is 20.1. The molecule has 0 unspecified atom stereocenters. The lowest BCUT2D eigenvalue weighted by Gasteiger charge is -2.14. The van der Waals surface area contributed by atoms with Crippen LogP contribution in [0.5, 0.6) is 0 Å². The van der Waals surface area contributed by atoms with Crippen LogP contribution in [0.25, 0.3) is 17.4 Å². The van der Waals surface area contributed by atoms with Gasteiger partial charge < -0.3 is 9.15 Å². The number of benzene rings is 2. The Morgan fingerprint density at radius 1 is 1.17 bits per heavy atom. The number of thioether (sulfide) groups is 1. The number of furan rings is 1. The molecular weight excluding hydrogens is 425 g/mol. The summed E-state index contributed by atoms with van der Waals surface area (Å²) in [4.78, 5) is 26.4. The van der Waals surface area contributed by atoms with E-state index in [0.717, 1.165) is 11.8 Å². The molecule has 1 aromatic heterocycles. The third-order valence-electron chi connectivity index (χ3n) is 4.36. The Morgan fingerprint density at radius 3 is 2.73 bits per heavy atom. The van der Waals surface area contributed by atoms with Crippen LogP contribution in [0.15, 0.2) is 70.0 Å². The third-order valence-corrected chi connectivity index (χ3v) is 5.66. The van der Waals surface area contributed by atoms with Crippen molar-refractivity contribution < 1.29 is 23.1 Å². The van der Waals surface area contributed by atoms with Crippen molar-refractivity contribution in [3.63, 3.8) is 0 Å². The minimum absolute atomic E-state index is 0.305. The number of ether oxygens (including phenoxy) is 1. The van der Waals surface area contributed by atoms with Gasteiger partial charge in [0.25, 0.3) is 5.91 Å². The zero-order valence-electron chi connectivity index (χ0n) is 15.6. The normalized spacial score (nSPS) is 15.1. The maximum Gasteiger partial charge on any atom is 0.338 e. The second-order valence-electron chi connectivity index (χ2n) is 6.24. The van der Waals surface area contributed by atoms with E-state index in [9.17, 15) is 14.0 Å². The van der Waals surface area contributed by atoms with Crippen LogP contribution in [0.1, 0.15) is 16.1 Å². The Hall–Kier alpha value is -3.23. The molecule has 0 saturated carbocycles. The number of nitrogens with zero attached hydrogens (tertiary/aromatic N) is 1. The van der Waals surface area contributed by atoms with Gasteiger partial charge in [-0.25, -0.2) is 9.18 Å². The van der Waals surface area contributed by atoms with Crippen molar-refractivity contribution >= 4 is 51.9 Å². The molecule has 1 fully saturated rings. The summed E-state index contributed by atoms with van der Waals surface area (Å²) in [5, 5.41) is 0. The Morgan fingerprint density at radius 2 is 1.97 bits per heavy atom. The van der Waals surface area contributed by atoms with Gasteiger partial charge in [-0.3, -0.25) is 9.69 Å². The van der Waals surface area contributed by atoms with E-state index in [0.29, 0.717) is 37.6 Å². The highest BCUT2D eigenvalue weighted by molar-refractivity contribution is 8.27. The number of carbonyl (C=O) groups excluding carboxylic acids is 2. The van der Waals surface area contributed by atoms with Gasteiger partial charge in [0.2, 0.25) is 0 Å². The quantitative estimate of drug-likeness (QED) is 0.313. The third kappa shape index (κ3) is 3.79. The van der Waals surface area contributed by atoms with Gasteiger partial charge in [-0.15, -0.1) is 0 Å². The summed E-state index contributed by atoms with van der Waals surface area (Å²) in [7, 11) is 1.31. The summed E-state index contributed by atoms with van der Waals surface area (Å²) in [5.41, 5.74) is 1.32. The van der Waals surface area contributed by atoms with E-state index in [1.54, 1.807) is 48.5 Å². The Kier molecular flexibility index (Phi) is 5.52. The standard InChI is InChI=1S/C22H14FNO4S2/c1-27-21(26)17-8-3-2-7-16(17)18-10-9-15(28-18)12-19-20(25)24(22(29)30-19)14-6-4-5-13(23)11-14/h2-12H,1H3/b19-12+. The first-order valence-electron chi connectivity index (χ1n) is 8.79. The maximum absolute atomic E-state index is 13.5. The van der Waals surface area contributed by atoms with Crippen molar-refractivity contribution in [2.24, 2.45) is 0 Å². The number of carbonyl (C=O) groups is 2. The van der Waals surface area contributed by atoms with Gasteiger partial charge in [0.15, 0.2) is 4.32 Å². The fraction of sp³-hybridized carbons (Fsp3) is 0.0455. The van der Waals surface area contributed by atoms with Gasteiger partial charge in [0, 0.05) is 11.6 Å². The number of rotatable bonds is 4. The second kappa shape index (κ2) is 8.25. The molecule has 8 heteroatoms. The van der Waals surface area contributed by atoms with Crippen molar-refractivity contribution in [1.82, 2.24) is 0 Å². The van der Waals surface area contributed by atoms with Crippen LogP contribution < -0.4 is 4.90 Å². The molecule has 3 aromatic rings. The molecule has 30 heavy (non-hydrogen) atoms.